The van der Waals surface area contributed by atoms with Gasteiger partial charge in [-0.05, 0) is 26.4 Å². The van der Waals surface area contributed by atoms with Crippen LogP contribution in [0.2, 0.25) is 0 Å². The number of rotatable bonds is 6. The van der Waals surface area contributed by atoms with Crippen LogP contribution in [0.5, 0.6) is 0 Å². The second kappa shape index (κ2) is 5.96. The molecule has 92 valence electrons. The highest BCUT2D eigenvalue weighted by atomic mass is 16.5. The Kier molecular flexibility index (Phi) is 4.89. The average molecular weight is 226 g/mol. The molecular formula is C11H22N4O. The summed E-state index contributed by atoms with van der Waals surface area (Å²) in [7, 11) is 3.95. The summed E-state index contributed by atoms with van der Waals surface area (Å²) in [6.45, 7) is 5.01. The third kappa shape index (κ3) is 4.72. The molecule has 0 aromatic carbocycles. The largest absolute Gasteiger partial charge is 0.339 e. The van der Waals surface area contributed by atoms with Crippen LogP contribution in [0.3, 0.4) is 0 Å². The molecule has 0 amide bonds. The highest BCUT2D eigenvalue weighted by molar-refractivity contribution is 4.88. The third-order valence-corrected chi connectivity index (χ3v) is 2.18. The topological polar surface area (TPSA) is 68.2 Å². The van der Waals surface area contributed by atoms with Crippen LogP contribution in [-0.2, 0) is 13.0 Å². The summed E-state index contributed by atoms with van der Waals surface area (Å²) in [5, 5.41) is 3.91. The smallest absolute Gasteiger partial charge is 0.228 e. The van der Waals surface area contributed by atoms with Crippen molar-refractivity contribution < 1.29 is 4.52 Å². The van der Waals surface area contributed by atoms with E-state index in [1.807, 2.05) is 19.0 Å². The van der Waals surface area contributed by atoms with Crippen molar-refractivity contribution in [2.45, 2.75) is 39.3 Å². The monoisotopic (exact) mass is 226 g/mol. The number of aromatic nitrogens is 2. The lowest BCUT2D eigenvalue weighted by atomic mass is 10.0. The van der Waals surface area contributed by atoms with Crippen molar-refractivity contribution >= 4 is 0 Å². The minimum atomic E-state index is 0.104. The Labute approximate surface area is 97.0 Å². The summed E-state index contributed by atoms with van der Waals surface area (Å²) >= 11 is 0. The van der Waals surface area contributed by atoms with Gasteiger partial charge in [0.05, 0.1) is 6.54 Å². The van der Waals surface area contributed by atoms with E-state index in [9.17, 15) is 0 Å². The van der Waals surface area contributed by atoms with Crippen molar-refractivity contribution in [3.8, 4) is 0 Å². The van der Waals surface area contributed by atoms with Crippen molar-refractivity contribution in [1.82, 2.24) is 15.0 Å². The second-order valence-corrected chi connectivity index (χ2v) is 4.94. The minimum absolute atomic E-state index is 0.104. The van der Waals surface area contributed by atoms with E-state index in [4.69, 9.17) is 10.3 Å². The van der Waals surface area contributed by atoms with E-state index in [2.05, 4.69) is 24.0 Å². The summed E-state index contributed by atoms with van der Waals surface area (Å²) < 4.78 is 5.15. The molecule has 0 aliphatic rings. The molecule has 2 N–H and O–H groups in total. The molecule has 5 nitrogen and oxygen atoms in total. The van der Waals surface area contributed by atoms with Crippen LogP contribution < -0.4 is 5.73 Å². The van der Waals surface area contributed by atoms with Gasteiger partial charge in [-0.3, -0.25) is 0 Å². The normalized spacial score (nSPS) is 13.7. The molecule has 1 heterocycles. The lowest BCUT2D eigenvalue weighted by Crippen LogP contribution is -2.24. The molecule has 1 aromatic rings. The molecule has 0 aliphatic carbocycles. The summed E-state index contributed by atoms with van der Waals surface area (Å²) in [5.41, 5.74) is 5.98. The summed E-state index contributed by atoms with van der Waals surface area (Å²) in [5.74, 6) is 1.96. The van der Waals surface area contributed by atoms with Gasteiger partial charge in [-0.2, -0.15) is 4.98 Å². The van der Waals surface area contributed by atoms with Gasteiger partial charge in [0.1, 0.15) is 0 Å². The molecule has 0 saturated heterocycles. The van der Waals surface area contributed by atoms with Crippen molar-refractivity contribution in [2.75, 3.05) is 14.1 Å². The van der Waals surface area contributed by atoms with Crippen molar-refractivity contribution in [3.63, 3.8) is 0 Å². The van der Waals surface area contributed by atoms with Crippen LogP contribution in [0.15, 0.2) is 4.52 Å². The number of hydrogen-bond acceptors (Lipinski definition) is 5. The van der Waals surface area contributed by atoms with Crippen LogP contribution in [0.25, 0.3) is 0 Å². The zero-order valence-electron chi connectivity index (χ0n) is 10.6. The highest BCUT2D eigenvalue weighted by Gasteiger charge is 2.12. The first-order chi connectivity index (χ1) is 7.47. The first kappa shape index (κ1) is 13.1. The van der Waals surface area contributed by atoms with Crippen LogP contribution in [0.4, 0.5) is 0 Å². The predicted molar refractivity (Wildman–Crippen MR) is 62.8 cm³/mol. The molecule has 0 spiro atoms. The molecular weight excluding hydrogens is 204 g/mol. The molecule has 5 heteroatoms. The maximum Gasteiger partial charge on any atom is 0.228 e. The molecule has 1 aromatic heterocycles. The zero-order valence-corrected chi connectivity index (χ0v) is 10.6. The molecule has 1 unspecified atom stereocenters. The maximum absolute atomic E-state index is 5.98. The van der Waals surface area contributed by atoms with Crippen molar-refractivity contribution in [1.29, 1.82) is 0 Å². The van der Waals surface area contributed by atoms with Gasteiger partial charge >= 0.3 is 0 Å². The zero-order chi connectivity index (χ0) is 12.1. The first-order valence-electron chi connectivity index (χ1n) is 5.69. The van der Waals surface area contributed by atoms with E-state index < -0.39 is 0 Å². The molecule has 0 fully saturated rings. The van der Waals surface area contributed by atoms with Gasteiger partial charge in [-0.1, -0.05) is 19.0 Å². The van der Waals surface area contributed by atoms with E-state index in [-0.39, 0.29) is 6.04 Å². The first-order valence-corrected chi connectivity index (χ1v) is 5.69. The van der Waals surface area contributed by atoms with E-state index in [1.54, 1.807) is 0 Å². The predicted octanol–water partition coefficient (Wildman–Crippen LogP) is 1.05. The fourth-order valence-electron chi connectivity index (χ4n) is 1.63. The summed E-state index contributed by atoms with van der Waals surface area (Å²) in [6, 6.07) is 0.104. The number of nitrogens with two attached hydrogens (primary N) is 1. The molecule has 16 heavy (non-hydrogen) atoms. The molecule has 1 rings (SSSR count). The Morgan fingerprint density at radius 1 is 1.38 bits per heavy atom. The quantitative estimate of drug-likeness (QED) is 0.785. The van der Waals surface area contributed by atoms with E-state index >= 15 is 0 Å². The van der Waals surface area contributed by atoms with Crippen molar-refractivity contribution in [2.24, 2.45) is 11.7 Å². The van der Waals surface area contributed by atoms with Crippen LogP contribution >= 0.6 is 0 Å². The Hall–Kier alpha value is -0.940. The Balaban J connectivity index is 2.45. The highest BCUT2D eigenvalue weighted by Crippen LogP contribution is 2.08. The van der Waals surface area contributed by atoms with Gasteiger partial charge in [0, 0.05) is 12.5 Å². The summed E-state index contributed by atoms with van der Waals surface area (Å²) in [6.07, 6.45) is 1.64. The number of nitrogens with zero attached hydrogens (tertiary/aromatic N) is 3. The Bertz CT molecular complexity index is 309. The standard InChI is InChI=1S/C11H22N4O/c1-8(2)5-9(12)6-11-13-10(14-16-11)7-15(3)4/h8-9H,5-7,12H2,1-4H3. The minimum Gasteiger partial charge on any atom is -0.339 e. The van der Waals surface area contributed by atoms with Crippen LogP contribution in [0, 0.1) is 5.92 Å². The van der Waals surface area contributed by atoms with E-state index in [0.717, 1.165) is 12.2 Å². The molecule has 0 saturated carbocycles. The fourth-order valence-corrected chi connectivity index (χ4v) is 1.63. The summed E-state index contributed by atoms with van der Waals surface area (Å²) in [4.78, 5) is 6.30. The second-order valence-electron chi connectivity index (χ2n) is 4.94. The molecule has 1 atom stereocenters. The molecule has 0 bridgehead atoms. The SMILES string of the molecule is CC(C)CC(N)Cc1nc(CN(C)C)no1. The lowest BCUT2D eigenvalue weighted by molar-refractivity contribution is 0.340. The number of hydrogen-bond donors (Lipinski definition) is 1. The lowest BCUT2D eigenvalue weighted by Gasteiger charge is -2.10. The Morgan fingerprint density at radius 3 is 2.62 bits per heavy atom. The van der Waals surface area contributed by atoms with E-state index in [1.165, 1.54) is 0 Å². The van der Waals surface area contributed by atoms with Gasteiger partial charge in [-0.15, -0.1) is 0 Å². The van der Waals surface area contributed by atoms with Gasteiger partial charge in [0.15, 0.2) is 5.82 Å². The maximum atomic E-state index is 5.98. The fraction of sp³-hybridized carbons (Fsp3) is 0.818. The average Bonchev–Trinajstić information content (AvgIpc) is 2.49. The van der Waals surface area contributed by atoms with Gasteiger partial charge in [0.25, 0.3) is 0 Å². The molecule has 0 aliphatic heterocycles. The molecule has 0 radical (unpaired) electrons. The van der Waals surface area contributed by atoms with Gasteiger partial charge < -0.3 is 15.2 Å². The van der Waals surface area contributed by atoms with Crippen LogP contribution in [0.1, 0.15) is 32.0 Å². The van der Waals surface area contributed by atoms with E-state index in [0.29, 0.717) is 24.8 Å². The van der Waals surface area contributed by atoms with Crippen molar-refractivity contribution in [3.05, 3.63) is 11.7 Å². The third-order valence-electron chi connectivity index (χ3n) is 2.18. The Morgan fingerprint density at radius 2 is 2.06 bits per heavy atom. The van der Waals surface area contributed by atoms with Crippen LogP contribution in [-0.4, -0.2) is 35.2 Å². The van der Waals surface area contributed by atoms with Gasteiger partial charge in [-0.25, -0.2) is 0 Å². The van der Waals surface area contributed by atoms with Gasteiger partial charge in [0.2, 0.25) is 5.89 Å².